The van der Waals surface area contributed by atoms with Crippen molar-refractivity contribution in [3.63, 3.8) is 0 Å². The summed E-state index contributed by atoms with van der Waals surface area (Å²) in [6.45, 7) is 1.38. The maximum absolute atomic E-state index is 12.1. The lowest BCUT2D eigenvalue weighted by molar-refractivity contribution is -0.195. The Balaban J connectivity index is 2.47. The molecule has 3 nitrogen and oxygen atoms in total. The van der Waals surface area contributed by atoms with Crippen LogP contribution in [0.1, 0.15) is 12.5 Å². The van der Waals surface area contributed by atoms with Crippen molar-refractivity contribution >= 4 is 23.4 Å². The molecule has 0 aromatic heterocycles. The molecule has 0 bridgehead atoms. The lowest BCUT2D eigenvalue weighted by Crippen LogP contribution is -2.30. The third-order valence-corrected chi connectivity index (χ3v) is 3.26. The minimum Gasteiger partial charge on any atom is -0.383 e. The number of aliphatic hydroxyl groups excluding tert-OH is 1. The second kappa shape index (κ2) is 6.81. The molecule has 0 aliphatic rings. The third-order valence-electron chi connectivity index (χ3n) is 2.17. The Morgan fingerprint density at radius 3 is 2.74 bits per heavy atom. The molecule has 1 aromatic rings. The Hall–Kier alpha value is -1.21. The highest BCUT2D eigenvalue weighted by Gasteiger charge is 2.37. The SMILES string of the molecule is CC(=O)Nc1cccc(CSCC(O)C(F)(F)F)c1. The highest BCUT2D eigenvalue weighted by atomic mass is 32.2. The average molecular weight is 293 g/mol. The van der Waals surface area contributed by atoms with Gasteiger partial charge in [0.1, 0.15) is 0 Å². The zero-order valence-corrected chi connectivity index (χ0v) is 11.0. The summed E-state index contributed by atoms with van der Waals surface area (Å²) in [5.74, 6) is -0.286. The van der Waals surface area contributed by atoms with Gasteiger partial charge in [-0.2, -0.15) is 24.9 Å². The summed E-state index contributed by atoms with van der Waals surface area (Å²) in [4.78, 5) is 10.9. The Morgan fingerprint density at radius 1 is 1.47 bits per heavy atom. The number of carbonyl (C=O) groups is 1. The molecule has 0 saturated carbocycles. The highest BCUT2D eigenvalue weighted by molar-refractivity contribution is 7.98. The molecule has 7 heteroatoms. The normalized spacial score (nSPS) is 13.1. The van der Waals surface area contributed by atoms with Crippen LogP contribution in [0.15, 0.2) is 24.3 Å². The molecular formula is C12H14F3NO2S. The van der Waals surface area contributed by atoms with Gasteiger partial charge < -0.3 is 10.4 Å². The number of nitrogens with one attached hydrogen (secondary N) is 1. The first-order chi connectivity index (χ1) is 8.79. The van der Waals surface area contributed by atoms with Gasteiger partial charge in [-0.05, 0) is 17.7 Å². The van der Waals surface area contributed by atoms with Crippen molar-refractivity contribution in [3.05, 3.63) is 29.8 Å². The van der Waals surface area contributed by atoms with Crippen LogP contribution < -0.4 is 5.32 Å². The minimum absolute atomic E-state index is 0.211. The van der Waals surface area contributed by atoms with E-state index < -0.39 is 18.0 Å². The number of thioether (sulfide) groups is 1. The molecule has 0 heterocycles. The van der Waals surface area contributed by atoms with Gasteiger partial charge >= 0.3 is 6.18 Å². The molecule has 0 aliphatic carbocycles. The summed E-state index contributed by atoms with van der Waals surface area (Å²) in [7, 11) is 0. The molecule has 0 fully saturated rings. The molecule has 106 valence electrons. The zero-order chi connectivity index (χ0) is 14.5. The van der Waals surface area contributed by atoms with E-state index in [0.29, 0.717) is 11.4 Å². The molecule has 1 aromatic carbocycles. The Bertz CT molecular complexity index is 437. The molecular weight excluding hydrogens is 279 g/mol. The first-order valence-corrected chi connectivity index (χ1v) is 6.63. The van der Waals surface area contributed by atoms with E-state index in [0.717, 1.165) is 17.3 Å². The summed E-state index contributed by atoms with van der Waals surface area (Å²) in [5, 5.41) is 11.4. The van der Waals surface area contributed by atoms with Crippen LogP contribution in [0.3, 0.4) is 0 Å². The summed E-state index contributed by atoms with van der Waals surface area (Å²) in [5.41, 5.74) is 1.38. The van der Waals surface area contributed by atoms with Gasteiger partial charge in [-0.25, -0.2) is 0 Å². The minimum atomic E-state index is -4.58. The first kappa shape index (κ1) is 15.8. The van der Waals surface area contributed by atoms with Crippen molar-refractivity contribution < 1.29 is 23.1 Å². The molecule has 1 rings (SSSR count). The number of hydrogen-bond donors (Lipinski definition) is 2. The van der Waals surface area contributed by atoms with E-state index in [4.69, 9.17) is 5.11 Å². The summed E-state index contributed by atoms with van der Waals surface area (Å²) in [6, 6.07) is 6.84. The van der Waals surface area contributed by atoms with Crippen molar-refractivity contribution in [2.75, 3.05) is 11.1 Å². The lowest BCUT2D eigenvalue weighted by Gasteiger charge is -2.13. The number of anilines is 1. The van der Waals surface area contributed by atoms with Crippen LogP contribution in [-0.4, -0.2) is 29.0 Å². The number of benzene rings is 1. The molecule has 1 unspecified atom stereocenters. The maximum atomic E-state index is 12.1. The molecule has 0 aliphatic heterocycles. The quantitative estimate of drug-likeness (QED) is 0.877. The van der Waals surface area contributed by atoms with E-state index in [-0.39, 0.29) is 5.91 Å². The fourth-order valence-corrected chi connectivity index (χ4v) is 2.27. The van der Waals surface area contributed by atoms with E-state index in [1.165, 1.54) is 6.92 Å². The molecule has 0 radical (unpaired) electrons. The largest absolute Gasteiger partial charge is 0.415 e. The van der Waals surface area contributed by atoms with Crippen LogP contribution >= 0.6 is 11.8 Å². The van der Waals surface area contributed by atoms with Crippen LogP contribution in [0.2, 0.25) is 0 Å². The van der Waals surface area contributed by atoms with Gasteiger partial charge in [0.25, 0.3) is 0 Å². The Labute approximate surface area is 113 Å². The Kier molecular flexibility index (Phi) is 5.68. The van der Waals surface area contributed by atoms with Gasteiger partial charge in [0.05, 0.1) is 0 Å². The van der Waals surface area contributed by atoms with Crippen LogP contribution in [0.25, 0.3) is 0 Å². The van der Waals surface area contributed by atoms with Gasteiger partial charge in [-0.15, -0.1) is 0 Å². The predicted octanol–water partition coefficient (Wildman–Crippen LogP) is 2.80. The van der Waals surface area contributed by atoms with Crippen LogP contribution in [0.5, 0.6) is 0 Å². The third kappa shape index (κ3) is 5.98. The fourth-order valence-electron chi connectivity index (χ4n) is 1.33. The van der Waals surface area contributed by atoms with Crippen LogP contribution in [0, 0.1) is 0 Å². The van der Waals surface area contributed by atoms with Crippen molar-refractivity contribution in [2.24, 2.45) is 0 Å². The van der Waals surface area contributed by atoms with Gasteiger partial charge in [0.15, 0.2) is 6.10 Å². The zero-order valence-electron chi connectivity index (χ0n) is 10.2. The average Bonchev–Trinajstić information content (AvgIpc) is 2.27. The van der Waals surface area contributed by atoms with E-state index in [2.05, 4.69) is 5.32 Å². The monoisotopic (exact) mass is 293 g/mol. The second-order valence-corrected chi connectivity index (χ2v) is 4.98. The number of aliphatic hydroxyl groups is 1. The standard InChI is InChI=1S/C12H14F3NO2S/c1-8(17)16-10-4-2-3-9(5-10)6-19-7-11(18)12(13,14)15/h2-5,11,18H,6-7H2,1H3,(H,16,17). The van der Waals surface area contributed by atoms with Crippen molar-refractivity contribution in [2.45, 2.75) is 25.0 Å². The number of carbonyl (C=O) groups excluding carboxylic acids is 1. The number of rotatable bonds is 5. The van der Waals surface area contributed by atoms with Gasteiger partial charge in [0, 0.05) is 24.1 Å². The summed E-state index contributed by atoms with van der Waals surface area (Å²) in [6.07, 6.45) is -6.89. The molecule has 2 N–H and O–H groups in total. The molecule has 1 atom stereocenters. The van der Waals surface area contributed by atoms with E-state index >= 15 is 0 Å². The van der Waals surface area contributed by atoms with Crippen molar-refractivity contribution in [1.29, 1.82) is 0 Å². The number of halogens is 3. The Morgan fingerprint density at radius 2 is 2.16 bits per heavy atom. The molecule has 19 heavy (non-hydrogen) atoms. The summed E-state index contributed by atoms with van der Waals surface area (Å²) < 4.78 is 36.2. The van der Waals surface area contributed by atoms with Gasteiger partial charge in [-0.1, -0.05) is 12.1 Å². The molecule has 1 amide bonds. The number of amides is 1. The van der Waals surface area contributed by atoms with E-state index in [9.17, 15) is 18.0 Å². The van der Waals surface area contributed by atoms with E-state index in [1.54, 1.807) is 24.3 Å². The van der Waals surface area contributed by atoms with Crippen molar-refractivity contribution in [1.82, 2.24) is 0 Å². The van der Waals surface area contributed by atoms with Crippen LogP contribution in [0.4, 0.5) is 18.9 Å². The molecule has 0 saturated heterocycles. The summed E-state index contributed by atoms with van der Waals surface area (Å²) >= 11 is 0.986. The van der Waals surface area contributed by atoms with E-state index in [1.807, 2.05) is 0 Å². The lowest BCUT2D eigenvalue weighted by atomic mass is 10.2. The fraction of sp³-hybridized carbons (Fsp3) is 0.417. The van der Waals surface area contributed by atoms with Crippen LogP contribution in [-0.2, 0) is 10.5 Å². The topological polar surface area (TPSA) is 49.3 Å². The van der Waals surface area contributed by atoms with Crippen molar-refractivity contribution in [3.8, 4) is 0 Å². The maximum Gasteiger partial charge on any atom is 0.415 e. The van der Waals surface area contributed by atoms with Gasteiger partial charge in [0.2, 0.25) is 5.91 Å². The molecule has 0 spiro atoms. The predicted molar refractivity (Wildman–Crippen MR) is 69.0 cm³/mol. The second-order valence-electron chi connectivity index (χ2n) is 3.95. The number of hydrogen-bond acceptors (Lipinski definition) is 3. The first-order valence-electron chi connectivity index (χ1n) is 5.48. The van der Waals surface area contributed by atoms with Gasteiger partial charge in [-0.3, -0.25) is 4.79 Å². The number of alkyl halides is 3. The highest BCUT2D eigenvalue weighted by Crippen LogP contribution is 2.24. The smallest absolute Gasteiger partial charge is 0.383 e.